The van der Waals surface area contributed by atoms with Crippen molar-refractivity contribution in [2.24, 2.45) is 4.99 Å². The van der Waals surface area contributed by atoms with Crippen LogP contribution < -0.4 is 20.1 Å². The van der Waals surface area contributed by atoms with E-state index in [1.807, 2.05) is 32.0 Å². The van der Waals surface area contributed by atoms with E-state index in [-0.39, 0.29) is 42.9 Å². The van der Waals surface area contributed by atoms with Crippen molar-refractivity contribution in [3.8, 4) is 11.5 Å². The van der Waals surface area contributed by atoms with Crippen LogP contribution in [0, 0.1) is 12.7 Å². The summed E-state index contributed by atoms with van der Waals surface area (Å²) in [6.45, 7) is 6.38. The fourth-order valence-electron chi connectivity index (χ4n) is 2.66. The molecule has 7 nitrogen and oxygen atoms in total. The van der Waals surface area contributed by atoms with Crippen LogP contribution in [0.15, 0.2) is 47.5 Å². The molecule has 0 fully saturated rings. The second-order valence-electron chi connectivity index (χ2n) is 6.95. The molecular formula is C23H33FIN3O4. The van der Waals surface area contributed by atoms with Crippen LogP contribution in [-0.2, 0) is 11.3 Å². The van der Waals surface area contributed by atoms with E-state index in [1.54, 1.807) is 7.11 Å². The molecule has 0 heterocycles. The number of hydrogen-bond acceptors (Lipinski definition) is 5. The number of nitrogens with one attached hydrogen (secondary N) is 2. The number of aliphatic hydroxyl groups is 1. The molecule has 0 saturated carbocycles. The van der Waals surface area contributed by atoms with Gasteiger partial charge in [0.2, 0.25) is 0 Å². The molecular weight excluding hydrogens is 528 g/mol. The Morgan fingerprint density at radius 1 is 1.09 bits per heavy atom. The molecule has 0 aliphatic carbocycles. The molecule has 32 heavy (non-hydrogen) atoms. The number of benzene rings is 2. The van der Waals surface area contributed by atoms with Crippen LogP contribution in [0.4, 0.5) is 4.39 Å². The third kappa shape index (κ3) is 10.5. The van der Waals surface area contributed by atoms with Crippen molar-refractivity contribution in [3.63, 3.8) is 0 Å². The zero-order valence-corrected chi connectivity index (χ0v) is 21.1. The largest absolute Gasteiger partial charge is 0.491 e. The summed E-state index contributed by atoms with van der Waals surface area (Å²) in [7, 11) is 1.64. The molecule has 2 rings (SSSR count). The minimum atomic E-state index is -0.763. The third-order valence-electron chi connectivity index (χ3n) is 4.28. The Balaban J connectivity index is 0.00000512. The first-order chi connectivity index (χ1) is 15.0. The molecule has 1 atom stereocenters. The van der Waals surface area contributed by atoms with Crippen molar-refractivity contribution in [2.45, 2.75) is 26.5 Å². The topological polar surface area (TPSA) is 84.3 Å². The highest BCUT2D eigenvalue weighted by Crippen LogP contribution is 2.21. The molecule has 2 aromatic carbocycles. The molecule has 0 aliphatic heterocycles. The number of aliphatic hydroxyl groups excluding tert-OH is 1. The summed E-state index contributed by atoms with van der Waals surface area (Å²) in [5, 5.41) is 16.4. The number of ether oxygens (including phenoxy) is 3. The number of nitrogens with zero attached hydrogens (tertiary/aromatic N) is 1. The number of aryl methyl sites for hydroxylation is 1. The van der Waals surface area contributed by atoms with Gasteiger partial charge in [0.25, 0.3) is 0 Å². The predicted molar refractivity (Wildman–Crippen MR) is 135 cm³/mol. The highest BCUT2D eigenvalue weighted by molar-refractivity contribution is 14.0. The molecule has 2 aromatic rings. The first-order valence-corrected chi connectivity index (χ1v) is 10.3. The lowest BCUT2D eigenvalue weighted by molar-refractivity contribution is 0.110. The Labute approximate surface area is 206 Å². The number of guanidine groups is 1. The Kier molecular flexibility index (Phi) is 13.7. The van der Waals surface area contributed by atoms with Gasteiger partial charge in [0.15, 0.2) is 5.96 Å². The Morgan fingerprint density at radius 2 is 1.84 bits per heavy atom. The van der Waals surface area contributed by atoms with Gasteiger partial charge in [-0.3, -0.25) is 0 Å². The molecule has 0 aromatic heterocycles. The van der Waals surface area contributed by atoms with Crippen LogP contribution in [0.3, 0.4) is 0 Å². The highest BCUT2D eigenvalue weighted by atomic mass is 127. The lowest BCUT2D eigenvalue weighted by Crippen LogP contribution is -2.42. The Hall–Kier alpha value is -2.11. The maximum atomic E-state index is 12.9. The summed E-state index contributed by atoms with van der Waals surface area (Å²) in [5.41, 5.74) is 2.06. The van der Waals surface area contributed by atoms with Gasteiger partial charge in [-0.25, -0.2) is 9.38 Å². The first kappa shape index (κ1) is 27.9. The van der Waals surface area contributed by atoms with E-state index in [4.69, 9.17) is 14.2 Å². The maximum Gasteiger partial charge on any atom is 0.191 e. The molecule has 0 amide bonds. The van der Waals surface area contributed by atoms with E-state index in [0.29, 0.717) is 38.0 Å². The lowest BCUT2D eigenvalue weighted by Gasteiger charge is -2.16. The quantitative estimate of drug-likeness (QED) is 0.160. The molecule has 0 saturated heterocycles. The van der Waals surface area contributed by atoms with E-state index in [0.717, 1.165) is 16.9 Å². The van der Waals surface area contributed by atoms with E-state index < -0.39 is 6.10 Å². The van der Waals surface area contributed by atoms with Crippen molar-refractivity contribution in [3.05, 3.63) is 59.4 Å². The molecule has 1 unspecified atom stereocenters. The molecule has 9 heteroatoms. The average molecular weight is 561 g/mol. The third-order valence-corrected chi connectivity index (χ3v) is 4.28. The Morgan fingerprint density at radius 3 is 2.53 bits per heavy atom. The molecule has 0 aliphatic rings. The SMILES string of the molecule is CCNC(=NCc1ccc(C)cc1OCCOC)NCC(O)COc1ccc(F)cc1.I. The van der Waals surface area contributed by atoms with E-state index in [1.165, 1.54) is 24.3 Å². The summed E-state index contributed by atoms with van der Waals surface area (Å²) in [4.78, 5) is 4.59. The van der Waals surface area contributed by atoms with Crippen LogP contribution in [-0.4, -0.2) is 57.2 Å². The smallest absolute Gasteiger partial charge is 0.191 e. The summed E-state index contributed by atoms with van der Waals surface area (Å²) < 4.78 is 29.3. The molecule has 0 bridgehead atoms. The van der Waals surface area contributed by atoms with Crippen LogP contribution in [0.5, 0.6) is 11.5 Å². The highest BCUT2D eigenvalue weighted by Gasteiger charge is 2.09. The van der Waals surface area contributed by atoms with Crippen LogP contribution in [0.2, 0.25) is 0 Å². The number of aliphatic imine (C=N–C) groups is 1. The summed E-state index contributed by atoms with van der Waals surface area (Å²) in [6.07, 6.45) is -0.763. The predicted octanol–water partition coefficient (Wildman–Crippen LogP) is 3.27. The van der Waals surface area contributed by atoms with Gasteiger partial charge in [0.05, 0.1) is 13.2 Å². The van der Waals surface area contributed by atoms with Crippen molar-refractivity contribution < 1.29 is 23.7 Å². The van der Waals surface area contributed by atoms with Crippen LogP contribution in [0.25, 0.3) is 0 Å². The molecule has 178 valence electrons. The number of rotatable bonds is 12. The second-order valence-corrected chi connectivity index (χ2v) is 6.95. The standard InChI is InChI=1S/C23H32FN3O4.HI/c1-4-25-23(27-15-20(28)16-31-21-9-7-19(24)8-10-21)26-14-18-6-5-17(2)13-22(18)30-12-11-29-3;/h5-10,13,20,28H,4,11-12,14-16H2,1-3H3,(H2,25,26,27);1H. The van der Waals surface area contributed by atoms with Gasteiger partial charge in [-0.2, -0.15) is 0 Å². The average Bonchev–Trinajstić information content (AvgIpc) is 2.76. The summed E-state index contributed by atoms with van der Waals surface area (Å²) in [6, 6.07) is 11.7. The zero-order chi connectivity index (χ0) is 22.5. The van der Waals surface area contributed by atoms with E-state index in [2.05, 4.69) is 15.6 Å². The van der Waals surface area contributed by atoms with Gasteiger partial charge < -0.3 is 30.0 Å². The van der Waals surface area contributed by atoms with Gasteiger partial charge in [-0.15, -0.1) is 24.0 Å². The van der Waals surface area contributed by atoms with Gasteiger partial charge in [-0.1, -0.05) is 12.1 Å². The number of hydrogen-bond donors (Lipinski definition) is 3. The van der Waals surface area contributed by atoms with Crippen LogP contribution in [0.1, 0.15) is 18.1 Å². The van der Waals surface area contributed by atoms with Gasteiger partial charge in [0.1, 0.15) is 36.6 Å². The maximum absolute atomic E-state index is 12.9. The van der Waals surface area contributed by atoms with E-state index >= 15 is 0 Å². The van der Waals surface area contributed by atoms with Crippen LogP contribution >= 0.6 is 24.0 Å². The van der Waals surface area contributed by atoms with Crippen molar-refractivity contribution in [1.82, 2.24) is 10.6 Å². The molecule has 0 radical (unpaired) electrons. The fourth-order valence-corrected chi connectivity index (χ4v) is 2.66. The zero-order valence-electron chi connectivity index (χ0n) is 18.8. The van der Waals surface area contributed by atoms with Crippen molar-refractivity contribution in [1.29, 1.82) is 0 Å². The number of halogens is 2. The summed E-state index contributed by atoms with van der Waals surface area (Å²) >= 11 is 0. The van der Waals surface area contributed by atoms with Gasteiger partial charge >= 0.3 is 0 Å². The minimum Gasteiger partial charge on any atom is -0.491 e. The summed E-state index contributed by atoms with van der Waals surface area (Å²) in [5.74, 6) is 1.53. The minimum absolute atomic E-state index is 0. The van der Waals surface area contributed by atoms with Crippen molar-refractivity contribution in [2.75, 3.05) is 40.0 Å². The second kappa shape index (κ2) is 15.7. The van der Waals surface area contributed by atoms with Crippen molar-refractivity contribution >= 4 is 29.9 Å². The van der Waals surface area contributed by atoms with E-state index in [9.17, 15) is 9.50 Å². The molecule has 3 N–H and O–H groups in total. The first-order valence-electron chi connectivity index (χ1n) is 10.3. The monoisotopic (exact) mass is 561 g/mol. The van der Waals surface area contributed by atoms with Gasteiger partial charge in [0, 0.05) is 25.8 Å². The van der Waals surface area contributed by atoms with Gasteiger partial charge in [-0.05, 0) is 49.7 Å². The lowest BCUT2D eigenvalue weighted by atomic mass is 10.1. The normalized spacial score (nSPS) is 12.0. The fraction of sp³-hybridized carbons (Fsp3) is 0.435. The molecule has 0 spiro atoms. The number of methoxy groups -OCH3 is 1. The Bertz CT molecular complexity index is 821.